The van der Waals surface area contributed by atoms with Gasteiger partial charge in [-0.1, -0.05) is 77.6 Å². The van der Waals surface area contributed by atoms with Gasteiger partial charge < -0.3 is 10.4 Å². The first-order valence-electron chi connectivity index (χ1n) is 10.6. The summed E-state index contributed by atoms with van der Waals surface area (Å²) in [6, 6.07) is 0. The molecule has 0 aromatic rings. The number of rotatable bonds is 14. The molecule has 0 aliphatic carbocycles. The lowest BCUT2D eigenvalue weighted by Crippen LogP contribution is -2.42. The number of hydrogen-bond acceptors (Lipinski definition) is 2. The van der Waals surface area contributed by atoms with Crippen LogP contribution in [0.3, 0.4) is 0 Å². The van der Waals surface area contributed by atoms with E-state index in [1.165, 1.54) is 64.2 Å². The van der Waals surface area contributed by atoms with Gasteiger partial charge in [-0.05, 0) is 45.2 Å². The third kappa shape index (κ3) is 8.00. The standard InChI is InChI=1S/C21H41NO2/c1-3-4-5-6-7-8-9-10-11-12-13-16-21(2,20(23)24)19-14-17-22-18-15-19/h19,22H,3-18H2,1-2H3,(H,23,24). The Hall–Kier alpha value is -0.570. The number of nitrogens with one attached hydrogen (secondary N) is 1. The van der Waals surface area contributed by atoms with Crippen LogP contribution in [0.4, 0.5) is 0 Å². The molecule has 24 heavy (non-hydrogen) atoms. The Kier molecular flexibility index (Phi) is 11.4. The van der Waals surface area contributed by atoms with Crippen LogP contribution < -0.4 is 5.32 Å². The predicted molar refractivity (Wildman–Crippen MR) is 102 cm³/mol. The molecule has 142 valence electrons. The van der Waals surface area contributed by atoms with Gasteiger partial charge in [0, 0.05) is 0 Å². The Morgan fingerprint density at radius 3 is 1.83 bits per heavy atom. The molecule has 3 nitrogen and oxygen atoms in total. The Balaban J connectivity index is 2.08. The highest BCUT2D eigenvalue weighted by molar-refractivity contribution is 5.74. The molecule has 0 radical (unpaired) electrons. The van der Waals surface area contributed by atoms with Crippen molar-refractivity contribution in [3.05, 3.63) is 0 Å². The Morgan fingerprint density at radius 2 is 1.38 bits per heavy atom. The summed E-state index contributed by atoms with van der Waals surface area (Å²) in [4.78, 5) is 11.8. The van der Waals surface area contributed by atoms with E-state index in [9.17, 15) is 9.90 Å². The van der Waals surface area contributed by atoms with Crippen molar-refractivity contribution in [2.24, 2.45) is 11.3 Å². The SMILES string of the molecule is CCCCCCCCCCCCCC(C)(C(=O)O)C1CCNCC1. The minimum Gasteiger partial charge on any atom is -0.481 e. The topological polar surface area (TPSA) is 49.3 Å². The van der Waals surface area contributed by atoms with Crippen LogP contribution in [0.1, 0.15) is 104 Å². The lowest BCUT2D eigenvalue weighted by Gasteiger charge is -2.37. The first kappa shape index (κ1) is 21.5. The zero-order valence-electron chi connectivity index (χ0n) is 16.2. The first-order chi connectivity index (χ1) is 11.6. The zero-order valence-corrected chi connectivity index (χ0v) is 16.2. The van der Waals surface area contributed by atoms with E-state index < -0.39 is 11.4 Å². The maximum atomic E-state index is 11.8. The van der Waals surface area contributed by atoms with Gasteiger partial charge in [-0.25, -0.2) is 0 Å². The molecule has 0 aromatic heterocycles. The third-order valence-corrected chi connectivity index (χ3v) is 6.03. The van der Waals surface area contributed by atoms with Crippen molar-refractivity contribution in [3.8, 4) is 0 Å². The number of unbranched alkanes of at least 4 members (excludes halogenated alkanes) is 10. The fourth-order valence-electron chi connectivity index (χ4n) is 4.10. The molecule has 1 rings (SSSR count). The monoisotopic (exact) mass is 339 g/mol. The quantitative estimate of drug-likeness (QED) is 0.394. The molecule has 1 aliphatic rings. The lowest BCUT2D eigenvalue weighted by atomic mass is 9.69. The van der Waals surface area contributed by atoms with Crippen molar-refractivity contribution in [2.75, 3.05) is 13.1 Å². The smallest absolute Gasteiger partial charge is 0.309 e. The van der Waals surface area contributed by atoms with Crippen LogP contribution in [0.5, 0.6) is 0 Å². The molecule has 0 saturated carbocycles. The minimum atomic E-state index is -0.582. The fraction of sp³-hybridized carbons (Fsp3) is 0.952. The molecule has 1 aliphatic heterocycles. The third-order valence-electron chi connectivity index (χ3n) is 6.03. The Morgan fingerprint density at radius 1 is 0.917 bits per heavy atom. The second kappa shape index (κ2) is 12.7. The van der Waals surface area contributed by atoms with E-state index in [1.807, 2.05) is 6.92 Å². The summed E-state index contributed by atoms with van der Waals surface area (Å²) in [6.07, 6.45) is 17.4. The molecule has 1 unspecified atom stereocenters. The van der Waals surface area contributed by atoms with Crippen molar-refractivity contribution in [2.45, 2.75) is 104 Å². The van der Waals surface area contributed by atoms with Gasteiger partial charge in [0.2, 0.25) is 0 Å². The molecule has 1 heterocycles. The van der Waals surface area contributed by atoms with Gasteiger partial charge in [-0.15, -0.1) is 0 Å². The molecule has 0 amide bonds. The molecule has 1 fully saturated rings. The summed E-state index contributed by atoms with van der Waals surface area (Å²) in [5, 5.41) is 13.1. The maximum absolute atomic E-state index is 11.8. The molecule has 3 heteroatoms. The van der Waals surface area contributed by atoms with Crippen molar-refractivity contribution in [1.82, 2.24) is 5.32 Å². The second-order valence-corrected chi connectivity index (χ2v) is 8.03. The summed E-state index contributed by atoms with van der Waals surface area (Å²) in [6.45, 7) is 6.21. The highest BCUT2D eigenvalue weighted by Gasteiger charge is 2.40. The van der Waals surface area contributed by atoms with Gasteiger partial charge in [-0.2, -0.15) is 0 Å². The molecule has 0 spiro atoms. The molecule has 0 aromatic carbocycles. The van der Waals surface area contributed by atoms with E-state index >= 15 is 0 Å². The van der Waals surface area contributed by atoms with Crippen LogP contribution in [-0.4, -0.2) is 24.2 Å². The number of carbonyl (C=O) groups is 1. The number of carboxylic acid groups (broad SMARTS) is 1. The normalized spacial score (nSPS) is 18.4. The van der Waals surface area contributed by atoms with E-state index in [0.717, 1.165) is 38.8 Å². The summed E-state index contributed by atoms with van der Waals surface area (Å²) < 4.78 is 0. The van der Waals surface area contributed by atoms with Crippen LogP contribution in [-0.2, 0) is 4.79 Å². The average molecular weight is 340 g/mol. The van der Waals surface area contributed by atoms with Crippen molar-refractivity contribution < 1.29 is 9.90 Å². The van der Waals surface area contributed by atoms with Gasteiger partial charge in [0.25, 0.3) is 0 Å². The van der Waals surface area contributed by atoms with Crippen LogP contribution in [0.15, 0.2) is 0 Å². The highest BCUT2D eigenvalue weighted by Crippen LogP contribution is 2.38. The van der Waals surface area contributed by atoms with E-state index in [1.54, 1.807) is 0 Å². The van der Waals surface area contributed by atoms with Crippen LogP contribution in [0, 0.1) is 11.3 Å². The maximum Gasteiger partial charge on any atom is 0.309 e. The molecule has 0 bridgehead atoms. The first-order valence-corrected chi connectivity index (χ1v) is 10.6. The summed E-state index contributed by atoms with van der Waals surface area (Å²) >= 11 is 0. The molecular weight excluding hydrogens is 298 g/mol. The van der Waals surface area contributed by atoms with Gasteiger partial charge in [0.05, 0.1) is 5.41 Å². The Labute approximate surface area is 150 Å². The van der Waals surface area contributed by atoms with Crippen molar-refractivity contribution in [3.63, 3.8) is 0 Å². The van der Waals surface area contributed by atoms with Gasteiger partial charge in [0.1, 0.15) is 0 Å². The minimum absolute atomic E-state index is 0.347. The largest absolute Gasteiger partial charge is 0.481 e. The number of aliphatic carboxylic acids is 1. The number of carboxylic acids is 1. The fourth-order valence-corrected chi connectivity index (χ4v) is 4.10. The van der Waals surface area contributed by atoms with E-state index in [2.05, 4.69) is 12.2 Å². The van der Waals surface area contributed by atoms with Gasteiger partial charge in [0.15, 0.2) is 0 Å². The average Bonchev–Trinajstić information content (AvgIpc) is 2.60. The molecule has 1 atom stereocenters. The van der Waals surface area contributed by atoms with Gasteiger partial charge >= 0.3 is 5.97 Å². The molecule has 2 N–H and O–H groups in total. The van der Waals surface area contributed by atoms with E-state index in [0.29, 0.717) is 5.92 Å². The summed E-state index contributed by atoms with van der Waals surface area (Å²) in [5.41, 5.74) is -0.513. The van der Waals surface area contributed by atoms with Crippen LogP contribution in [0.25, 0.3) is 0 Å². The number of hydrogen-bond donors (Lipinski definition) is 2. The highest BCUT2D eigenvalue weighted by atomic mass is 16.4. The lowest BCUT2D eigenvalue weighted by molar-refractivity contribution is -0.152. The van der Waals surface area contributed by atoms with Crippen LogP contribution >= 0.6 is 0 Å². The molecular formula is C21H41NO2. The van der Waals surface area contributed by atoms with Crippen LogP contribution in [0.2, 0.25) is 0 Å². The van der Waals surface area contributed by atoms with Gasteiger partial charge in [-0.3, -0.25) is 4.79 Å². The van der Waals surface area contributed by atoms with Crippen molar-refractivity contribution >= 4 is 5.97 Å². The second-order valence-electron chi connectivity index (χ2n) is 8.03. The van der Waals surface area contributed by atoms with Crippen molar-refractivity contribution in [1.29, 1.82) is 0 Å². The summed E-state index contributed by atoms with van der Waals surface area (Å²) in [7, 11) is 0. The zero-order chi connectivity index (χ0) is 17.7. The summed E-state index contributed by atoms with van der Waals surface area (Å²) in [5.74, 6) is -0.235. The predicted octanol–water partition coefficient (Wildman–Crippen LogP) is 5.78. The van der Waals surface area contributed by atoms with E-state index in [4.69, 9.17) is 0 Å². The molecule has 1 saturated heterocycles. The number of piperidine rings is 1. The Bertz CT molecular complexity index is 326. The van der Waals surface area contributed by atoms with E-state index in [-0.39, 0.29) is 0 Å².